The molecule has 0 radical (unpaired) electrons. The van der Waals surface area contributed by atoms with Gasteiger partial charge in [-0.15, -0.1) is 0 Å². The molecule has 0 aliphatic rings. The van der Waals surface area contributed by atoms with E-state index in [1.54, 1.807) is 30.0 Å². The van der Waals surface area contributed by atoms with Crippen LogP contribution in [0.5, 0.6) is 0 Å². The lowest BCUT2D eigenvalue weighted by Gasteiger charge is -2.04. The molecule has 0 unspecified atom stereocenters. The molecule has 2 aromatic carbocycles. The Balaban J connectivity index is 2.17. The summed E-state index contributed by atoms with van der Waals surface area (Å²) in [7, 11) is 0. The second-order valence-electron chi connectivity index (χ2n) is 3.93. The van der Waals surface area contributed by atoms with E-state index < -0.39 is 5.97 Å². The Morgan fingerprint density at radius 3 is 2.44 bits per heavy atom. The van der Waals surface area contributed by atoms with Gasteiger partial charge in [0.2, 0.25) is 0 Å². The van der Waals surface area contributed by atoms with E-state index in [0.29, 0.717) is 5.56 Å². The molecule has 3 heteroatoms. The fraction of sp³-hybridized carbons (Fsp3) is 0.133. The summed E-state index contributed by atoms with van der Waals surface area (Å²) >= 11 is 1.58. The van der Waals surface area contributed by atoms with Crippen molar-refractivity contribution in [1.82, 2.24) is 0 Å². The van der Waals surface area contributed by atoms with E-state index in [0.717, 1.165) is 16.2 Å². The van der Waals surface area contributed by atoms with Crippen molar-refractivity contribution in [2.24, 2.45) is 0 Å². The van der Waals surface area contributed by atoms with Crippen molar-refractivity contribution < 1.29 is 9.90 Å². The first-order valence-corrected chi connectivity index (χ1v) is 6.61. The van der Waals surface area contributed by atoms with Gasteiger partial charge in [0.25, 0.3) is 0 Å². The van der Waals surface area contributed by atoms with Crippen LogP contribution in [0.4, 0.5) is 0 Å². The molecule has 1 N–H and O–H groups in total. The van der Waals surface area contributed by atoms with E-state index in [9.17, 15) is 4.79 Å². The third-order valence-corrected chi connectivity index (χ3v) is 3.65. The van der Waals surface area contributed by atoms with Gasteiger partial charge in [-0.3, -0.25) is 0 Å². The van der Waals surface area contributed by atoms with Crippen LogP contribution < -0.4 is 0 Å². The van der Waals surface area contributed by atoms with Crippen LogP contribution in [-0.4, -0.2) is 11.1 Å². The Kier molecular flexibility index (Phi) is 4.05. The SMILES string of the molecule is CCc1ccc(Sc2cccc(C(=O)O)c2)cc1. The lowest BCUT2D eigenvalue weighted by molar-refractivity contribution is 0.0696. The number of carboxylic acid groups (broad SMARTS) is 1. The Morgan fingerprint density at radius 2 is 1.83 bits per heavy atom. The third-order valence-electron chi connectivity index (χ3n) is 2.65. The van der Waals surface area contributed by atoms with Crippen LogP contribution in [0.25, 0.3) is 0 Å². The van der Waals surface area contributed by atoms with Crippen LogP contribution in [0.2, 0.25) is 0 Å². The molecule has 0 aliphatic heterocycles. The molecule has 0 spiro atoms. The molecule has 0 bridgehead atoms. The number of aromatic carboxylic acids is 1. The number of carbonyl (C=O) groups is 1. The van der Waals surface area contributed by atoms with Crippen LogP contribution in [0.3, 0.4) is 0 Å². The Labute approximate surface area is 111 Å². The second-order valence-corrected chi connectivity index (χ2v) is 5.08. The molecule has 92 valence electrons. The summed E-state index contributed by atoms with van der Waals surface area (Å²) in [6, 6.07) is 15.3. The zero-order valence-corrected chi connectivity index (χ0v) is 10.9. The third kappa shape index (κ3) is 3.14. The van der Waals surface area contributed by atoms with Gasteiger partial charge in [-0.1, -0.05) is 36.9 Å². The molecule has 0 saturated carbocycles. The van der Waals surface area contributed by atoms with Crippen molar-refractivity contribution in [2.75, 3.05) is 0 Å². The molecule has 0 amide bonds. The normalized spacial score (nSPS) is 10.3. The van der Waals surface area contributed by atoms with E-state index >= 15 is 0 Å². The first kappa shape index (κ1) is 12.7. The molecule has 18 heavy (non-hydrogen) atoms. The smallest absolute Gasteiger partial charge is 0.335 e. The number of carboxylic acids is 1. The molecule has 0 fully saturated rings. The minimum atomic E-state index is -0.890. The summed E-state index contributed by atoms with van der Waals surface area (Å²) in [6.45, 7) is 2.12. The van der Waals surface area contributed by atoms with Crippen molar-refractivity contribution in [2.45, 2.75) is 23.1 Å². The van der Waals surface area contributed by atoms with Crippen molar-refractivity contribution in [3.8, 4) is 0 Å². The van der Waals surface area contributed by atoms with Gasteiger partial charge >= 0.3 is 5.97 Å². The summed E-state index contributed by atoms with van der Waals surface area (Å²) in [4.78, 5) is 12.9. The lowest BCUT2D eigenvalue weighted by atomic mass is 10.2. The number of benzene rings is 2. The van der Waals surface area contributed by atoms with Crippen molar-refractivity contribution in [1.29, 1.82) is 0 Å². The van der Waals surface area contributed by atoms with Crippen molar-refractivity contribution in [3.05, 3.63) is 59.7 Å². The topological polar surface area (TPSA) is 37.3 Å². The van der Waals surface area contributed by atoms with Gasteiger partial charge in [0.15, 0.2) is 0 Å². The molecule has 2 rings (SSSR count). The maximum absolute atomic E-state index is 10.9. The molecule has 0 atom stereocenters. The Hall–Kier alpha value is -1.74. The molecule has 0 heterocycles. The molecule has 0 aromatic heterocycles. The van der Waals surface area contributed by atoms with Gasteiger partial charge < -0.3 is 5.11 Å². The van der Waals surface area contributed by atoms with Crippen molar-refractivity contribution >= 4 is 17.7 Å². The van der Waals surface area contributed by atoms with Crippen LogP contribution in [0.15, 0.2) is 58.3 Å². The summed E-state index contributed by atoms with van der Waals surface area (Å²) < 4.78 is 0. The first-order valence-electron chi connectivity index (χ1n) is 5.79. The highest BCUT2D eigenvalue weighted by Gasteiger charge is 2.04. The zero-order chi connectivity index (χ0) is 13.0. The van der Waals surface area contributed by atoms with Crippen molar-refractivity contribution in [3.63, 3.8) is 0 Å². The highest BCUT2D eigenvalue weighted by Crippen LogP contribution is 2.28. The number of rotatable bonds is 4. The first-order chi connectivity index (χ1) is 8.69. The van der Waals surface area contributed by atoms with E-state index in [4.69, 9.17) is 5.11 Å². The quantitative estimate of drug-likeness (QED) is 0.897. The average Bonchev–Trinajstić information content (AvgIpc) is 2.40. The zero-order valence-electron chi connectivity index (χ0n) is 10.1. The van der Waals surface area contributed by atoms with E-state index in [1.807, 2.05) is 6.07 Å². The van der Waals surface area contributed by atoms with Crippen LogP contribution in [0, 0.1) is 0 Å². The Bertz CT molecular complexity index is 547. The molecule has 0 saturated heterocycles. The summed E-state index contributed by atoms with van der Waals surface area (Å²) in [5, 5.41) is 8.93. The van der Waals surface area contributed by atoms with Crippen LogP contribution in [0.1, 0.15) is 22.8 Å². The largest absolute Gasteiger partial charge is 0.478 e. The minimum Gasteiger partial charge on any atom is -0.478 e. The molecular weight excluding hydrogens is 244 g/mol. The van der Waals surface area contributed by atoms with Gasteiger partial charge in [-0.25, -0.2) is 4.79 Å². The molecule has 0 aliphatic carbocycles. The fourth-order valence-corrected chi connectivity index (χ4v) is 2.50. The lowest BCUT2D eigenvalue weighted by Crippen LogP contribution is -1.95. The second kappa shape index (κ2) is 5.74. The highest BCUT2D eigenvalue weighted by atomic mass is 32.2. The van der Waals surface area contributed by atoms with Crippen LogP contribution >= 0.6 is 11.8 Å². The monoisotopic (exact) mass is 258 g/mol. The van der Waals surface area contributed by atoms with E-state index in [-0.39, 0.29) is 0 Å². The number of hydrogen-bond acceptors (Lipinski definition) is 2. The van der Waals surface area contributed by atoms with Gasteiger partial charge in [-0.2, -0.15) is 0 Å². The van der Waals surface area contributed by atoms with Gasteiger partial charge in [0, 0.05) is 9.79 Å². The maximum Gasteiger partial charge on any atom is 0.335 e. The van der Waals surface area contributed by atoms with Crippen LogP contribution in [-0.2, 0) is 6.42 Å². The van der Waals surface area contributed by atoms with Gasteiger partial charge in [-0.05, 0) is 42.3 Å². The van der Waals surface area contributed by atoms with E-state index in [2.05, 4.69) is 31.2 Å². The summed E-state index contributed by atoms with van der Waals surface area (Å²) in [6.07, 6.45) is 1.03. The van der Waals surface area contributed by atoms with Gasteiger partial charge in [0.1, 0.15) is 0 Å². The molecule has 2 aromatic rings. The number of hydrogen-bond donors (Lipinski definition) is 1. The van der Waals surface area contributed by atoms with Gasteiger partial charge in [0.05, 0.1) is 5.56 Å². The molecule has 2 nitrogen and oxygen atoms in total. The fourth-order valence-electron chi connectivity index (χ4n) is 1.62. The maximum atomic E-state index is 10.9. The predicted octanol–water partition coefficient (Wildman–Crippen LogP) is 4.10. The average molecular weight is 258 g/mol. The Morgan fingerprint density at radius 1 is 1.11 bits per heavy atom. The standard InChI is InChI=1S/C15H14O2S/c1-2-11-6-8-13(9-7-11)18-14-5-3-4-12(10-14)15(16)17/h3-10H,2H2,1H3,(H,16,17). The van der Waals surface area contributed by atoms with E-state index in [1.165, 1.54) is 5.56 Å². The number of aryl methyl sites for hydroxylation is 1. The minimum absolute atomic E-state index is 0.324. The summed E-state index contributed by atoms with van der Waals surface area (Å²) in [5.41, 5.74) is 1.63. The summed E-state index contributed by atoms with van der Waals surface area (Å²) in [5.74, 6) is -0.890. The highest BCUT2D eigenvalue weighted by molar-refractivity contribution is 7.99. The predicted molar refractivity (Wildman–Crippen MR) is 73.3 cm³/mol. The molecular formula is C15H14O2S.